The van der Waals surface area contributed by atoms with Crippen molar-refractivity contribution in [3.8, 4) is 5.75 Å². The van der Waals surface area contributed by atoms with Gasteiger partial charge < -0.3 is 9.30 Å². The van der Waals surface area contributed by atoms with Crippen LogP contribution >= 0.6 is 28.3 Å². The van der Waals surface area contributed by atoms with Gasteiger partial charge >= 0.3 is 0 Å². The molecule has 2 aromatic carbocycles. The van der Waals surface area contributed by atoms with Gasteiger partial charge in [0, 0.05) is 29.0 Å². The molecule has 3 nitrogen and oxygen atoms in total. The highest BCUT2D eigenvalue weighted by atomic mass is 79.9. The van der Waals surface area contributed by atoms with Gasteiger partial charge in [-0.15, -0.1) is 12.4 Å². The van der Waals surface area contributed by atoms with Crippen molar-refractivity contribution in [3.05, 3.63) is 93.7 Å². The van der Waals surface area contributed by atoms with E-state index >= 15 is 0 Å². The number of benzene rings is 2. The molecule has 0 aliphatic carbocycles. The molecule has 0 amide bonds. The first-order chi connectivity index (χ1) is 13.1. The Labute approximate surface area is 179 Å². The molecule has 0 atom stereocenters. The van der Waals surface area contributed by atoms with Crippen molar-refractivity contribution in [1.82, 2.24) is 9.55 Å². The SMILES string of the molecule is Cc1c(C)n(Cc2ccccc2)c2c(OCc3ccc(Br)cc3)ccnc12.Cl. The minimum absolute atomic E-state index is 0. The summed E-state index contributed by atoms with van der Waals surface area (Å²) in [5, 5.41) is 0. The Morgan fingerprint density at radius 2 is 1.64 bits per heavy atom. The predicted octanol–water partition coefficient (Wildman–Crippen LogP) is 6.46. The fourth-order valence-corrected chi connectivity index (χ4v) is 3.60. The van der Waals surface area contributed by atoms with Gasteiger partial charge in [0.2, 0.25) is 0 Å². The molecule has 144 valence electrons. The minimum Gasteiger partial charge on any atom is -0.487 e. The summed E-state index contributed by atoms with van der Waals surface area (Å²) in [6.07, 6.45) is 1.83. The molecule has 4 rings (SSSR count). The Morgan fingerprint density at radius 3 is 2.36 bits per heavy atom. The molecule has 4 aromatic rings. The molecule has 0 aliphatic rings. The zero-order chi connectivity index (χ0) is 18.8. The summed E-state index contributed by atoms with van der Waals surface area (Å²) in [7, 11) is 0. The summed E-state index contributed by atoms with van der Waals surface area (Å²) in [5.41, 5.74) is 6.90. The van der Waals surface area contributed by atoms with E-state index in [1.807, 2.05) is 30.5 Å². The van der Waals surface area contributed by atoms with Crippen LogP contribution in [0.15, 0.2) is 71.3 Å². The number of aromatic nitrogens is 2. The Hall–Kier alpha value is -2.30. The Kier molecular flexibility index (Phi) is 6.42. The lowest BCUT2D eigenvalue weighted by molar-refractivity contribution is 0.308. The van der Waals surface area contributed by atoms with Gasteiger partial charge in [-0.1, -0.05) is 58.4 Å². The van der Waals surface area contributed by atoms with Crippen LogP contribution in [0.3, 0.4) is 0 Å². The molecule has 0 saturated heterocycles. The molecule has 0 radical (unpaired) electrons. The van der Waals surface area contributed by atoms with Crippen molar-refractivity contribution in [2.24, 2.45) is 0 Å². The maximum absolute atomic E-state index is 6.22. The van der Waals surface area contributed by atoms with E-state index in [1.165, 1.54) is 16.8 Å². The molecule has 2 heterocycles. The molecule has 0 unspecified atom stereocenters. The second-order valence-corrected chi connectivity index (χ2v) is 7.62. The highest BCUT2D eigenvalue weighted by Gasteiger charge is 2.16. The van der Waals surface area contributed by atoms with Crippen molar-refractivity contribution >= 4 is 39.4 Å². The van der Waals surface area contributed by atoms with Gasteiger partial charge in [0.25, 0.3) is 0 Å². The molecule has 0 aliphatic heterocycles. The summed E-state index contributed by atoms with van der Waals surface area (Å²) in [4.78, 5) is 4.62. The Balaban J connectivity index is 0.00000225. The lowest BCUT2D eigenvalue weighted by Gasteiger charge is -2.13. The first-order valence-corrected chi connectivity index (χ1v) is 9.78. The molecule has 2 aromatic heterocycles. The summed E-state index contributed by atoms with van der Waals surface area (Å²) >= 11 is 3.47. The molecule has 28 heavy (non-hydrogen) atoms. The summed E-state index contributed by atoms with van der Waals surface area (Å²) < 4.78 is 9.60. The number of ether oxygens (including phenoxy) is 1. The van der Waals surface area contributed by atoms with Gasteiger partial charge in [0.1, 0.15) is 17.9 Å². The van der Waals surface area contributed by atoms with Crippen LogP contribution in [-0.4, -0.2) is 9.55 Å². The quantitative estimate of drug-likeness (QED) is 0.343. The van der Waals surface area contributed by atoms with E-state index in [4.69, 9.17) is 4.74 Å². The zero-order valence-corrected chi connectivity index (χ0v) is 18.3. The normalized spacial score (nSPS) is 10.7. The first-order valence-electron chi connectivity index (χ1n) is 8.99. The molecule has 0 fully saturated rings. The van der Waals surface area contributed by atoms with E-state index in [1.54, 1.807) is 0 Å². The average Bonchev–Trinajstić information content (AvgIpc) is 2.94. The van der Waals surface area contributed by atoms with Crippen LogP contribution in [0.1, 0.15) is 22.4 Å². The van der Waals surface area contributed by atoms with Crippen LogP contribution in [0.2, 0.25) is 0 Å². The van der Waals surface area contributed by atoms with Crippen molar-refractivity contribution in [3.63, 3.8) is 0 Å². The fourth-order valence-electron chi connectivity index (χ4n) is 3.33. The summed E-state index contributed by atoms with van der Waals surface area (Å²) in [5.74, 6) is 0.870. The van der Waals surface area contributed by atoms with E-state index in [0.29, 0.717) is 6.61 Å². The van der Waals surface area contributed by atoms with Crippen molar-refractivity contribution < 1.29 is 4.74 Å². The van der Waals surface area contributed by atoms with Gasteiger partial charge in [-0.25, -0.2) is 0 Å². The summed E-state index contributed by atoms with van der Waals surface area (Å²) in [6, 6.07) is 20.7. The largest absolute Gasteiger partial charge is 0.487 e. The van der Waals surface area contributed by atoms with Crippen LogP contribution in [0.25, 0.3) is 11.0 Å². The highest BCUT2D eigenvalue weighted by molar-refractivity contribution is 9.10. The monoisotopic (exact) mass is 456 g/mol. The lowest BCUT2D eigenvalue weighted by Crippen LogP contribution is -2.04. The number of nitrogens with zero attached hydrogens (tertiary/aromatic N) is 2. The summed E-state index contributed by atoms with van der Waals surface area (Å²) in [6.45, 7) is 5.61. The van der Waals surface area contributed by atoms with Crippen molar-refractivity contribution in [2.45, 2.75) is 27.0 Å². The van der Waals surface area contributed by atoms with E-state index in [-0.39, 0.29) is 12.4 Å². The van der Waals surface area contributed by atoms with Gasteiger partial charge in [0.05, 0.1) is 5.52 Å². The molecular formula is C23H22BrClN2O. The molecular weight excluding hydrogens is 436 g/mol. The molecule has 0 saturated carbocycles. The van der Waals surface area contributed by atoms with Gasteiger partial charge in [0.15, 0.2) is 0 Å². The highest BCUT2D eigenvalue weighted by Crippen LogP contribution is 2.32. The van der Waals surface area contributed by atoms with Crippen LogP contribution in [0, 0.1) is 13.8 Å². The van der Waals surface area contributed by atoms with Crippen LogP contribution in [0.4, 0.5) is 0 Å². The minimum atomic E-state index is 0. The van der Waals surface area contributed by atoms with E-state index in [9.17, 15) is 0 Å². The molecule has 0 N–H and O–H groups in total. The smallest absolute Gasteiger partial charge is 0.147 e. The van der Waals surface area contributed by atoms with Crippen LogP contribution < -0.4 is 4.74 Å². The first kappa shape index (κ1) is 20.4. The third-order valence-electron chi connectivity index (χ3n) is 4.95. The maximum atomic E-state index is 6.22. The zero-order valence-electron chi connectivity index (χ0n) is 15.9. The number of rotatable bonds is 5. The Morgan fingerprint density at radius 1 is 0.929 bits per heavy atom. The van der Waals surface area contributed by atoms with Crippen LogP contribution in [-0.2, 0) is 13.2 Å². The second kappa shape index (κ2) is 8.80. The standard InChI is InChI=1S/C23H21BrN2O.ClH/c1-16-17(2)26(14-18-6-4-3-5-7-18)23-21(12-13-25-22(16)23)27-15-19-8-10-20(24)11-9-19;/h3-13H,14-15H2,1-2H3;1H. The average molecular weight is 458 g/mol. The van der Waals surface area contributed by atoms with E-state index < -0.39 is 0 Å². The molecule has 0 bridgehead atoms. The number of pyridine rings is 1. The molecule has 5 heteroatoms. The van der Waals surface area contributed by atoms with Gasteiger partial charge in [-0.2, -0.15) is 0 Å². The van der Waals surface area contributed by atoms with Crippen LogP contribution in [0.5, 0.6) is 5.75 Å². The van der Waals surface area contributed by atoms with Gasteiger partial charge in [-0.3, -0.25) is 4.98 Å². The van der Waals surface area contributed by atoms with E-state index in [0.717, 1.165) is 33.4 Å². The number of hydrogen-bond acceptors (Lipinski definition) is 2. The number of halogens is 2. The molecule has 0 spiro atoms. The van der Waals surface area contributed by atoms with Crippen molar-refractivity contribution in [1.29, 1.82) is 0 Å². The fraction of sp³-hybridized carbons (Fsp3) is 0.174. The maximum Gasteiger partial charge on any atom is 0.147 e. The number of aryl methyl sites for hydroxylation is 1. The van der Waals surface area contributed by atoms with Crippen molar-refractivity contribution in [2.75, 3.05) is 0 Å². The predicted molar refractivity (Wildman–Crippen MR) is 120 cm³/mol. The Bertz CT molecular complexity index is 1080. The second-order valence-electron chi connectivity index (χ2n) is 6.70. The number of hydrogen-bond donors (Lipinski definition) is 0. The topological polar surface area (TPSA) is 27.1 Å². The van der Waals surface area contributed by atoms with E-state index in [2.05, 4.69) is 75.7 Å². The third kappa shape index (κ3) is 4.08. The van der Waals surface area contributed by atoms with Gasteiger partial charge in [-0.05, 0) is 42.7 Å². The third-order valence-corrected chi connectivity index (χ3v) is 5.48. The number of fused-ring (bicyclic) bond motifs is 1. The lowest BCUT2D eigenvalue weighted by atomic mass is 10.2.